The summed E-state index contributed by atoms with van der Waals surface area (Å²) < 4.78 is 18.6. The highest BCUT2D eigenvalue weighted by atomic mass is 35.5. The summed E-state index contributed by atoms with van der Waals surface area (Å²) in [5.41, 5.74) is 2.16. The van der Waals surface area contributed by atoms with Gasteiger partial charge in [-0.15, -0.1) is 0 Å². The van der Waals surface area contributed by atoms with Crippen molar-refractivity contribution < 1.29 is 13.6 Å². The molecule has 1 aliphatic heterocycles. The van der Waals surface area contributed by atoms with Gasteiger partial charge in [-0.1, -0.05) is 41.9 Å². The minimum absolute atomic E-state index is 0.0143. The average molecular weight is 455 g/mol. The Morgan fingerprint density at radius 2 is 1.84 bits per heavy atom. The molecule has 1 atom stereocenters. The van der Waals surface area contributed by atoms with Crippen molar-refractivity contribution in [1.82, 2.24) is 9.80 Å². The van der Waals surface area contributed by atoms with Crippen molar-refractivity contribution in [2.24, 2.45) is 5.92 Å². The summed E-state index contributed by atoms with van der Waals surface area (Å²) in [5, 5.41) is 0.727. The molecular formula is C26H28ClFN2O2. The number of likely N-dealkylation sites (tertiary alicyclic amines) is 1. The van der Waals surface area contributed by atoms with Crippen molar-refractivity contribution in [2.45, 2.75) is 31.8 Å². The van der Waals surface area contributed by atoms with Gasteiger partial charge in [0.05, 0.1) is 6.26 Å². The van der Waals surface area contributed by atoms with E-state index in [1.165, 1.54) is 18.4 Å². The monoisotopic (exact) mass is 454 g/mol. The number of nitrogens with zero attached hydrogens (tertiary/aromatic N) is 2. The minimum atomic E-state index is -0.209. The van der Waals surface area contributed by atoms with Gasteiger partial charge in [-0.25, -0.2) is 4.39 Å². The summed E-state index contributed by atoms with van der Waals surface area (Å²) in [7, 11) is 1.86. The molecule has 0 bridgehead atoms. The third-order valence-electron chi connectivity index (χ3n) is 6.43. The molecule has 0 N–H and O–H groups in total. The lowest BCUT2D eigenvalue weighted by molar-refractivity contribution is 0.0556. The molecule has 1 saturated heterocycles. The van der Waals surface area contributed by atoms with Crippen LogP contribution >= 0.6 is 11.6 Å². The molecule has 32 heavy (non-hydrogen) atoms. The van der Waals surface area contributed by atoms with Crippen LogP contribution in [0.25, 0.3) is 0 Å². The van der Waals surface area contributed by atoms with Crippen LogP contribution in [0.1, 0.15) is 34.5 Å². The Morgan fingerprint density at radius 1 is 1.12 bits per heavy atom. The second kappa shape index (κ2) is 10.3. The number of carbonyl (C=O) groups is 1. The van der Waals surface area contributed by atoms with Crippen LogP contribution in [-0.2, 0) is 13.0 Å². The Balaban J connectivity index is 1.46. The van der Waals surface area contributed by atoms with E-state index >= 15 is 0 Å². The lowest BCUT2D eigenvalue weighted by Gasteiger charge is -2.40. The highest BCUT2D eigenvalue weighted by molar-refractivity contribution is 6.31. The van der Waals surface area contributed by atoms with E-state index in [0.29, 0.717) is 18.1 Å². The molecule has 1 aliphatic rings. The molecule has 0 aliphatic carbocycles. The zero-order chi connectivity index (χ0) is 22.5. The third-order valence-corrected chi connectivity index (χ3v) is 6.80. The Morgan fingerprint density at radius 3 is 2.50 bits per heavy atom. The second-order valence-corrected chi connectivity index (χ2v) is 8.90. The van der Waals surface area contributed by atoms with Crippen LogP contribution in [0.15, 0.2) is 71.3 Å². The summed E-state index contributed by atoms with van der Waals surface area (Å²) in [6, 6.07) is 18.0. The number of hydrogen-bond acceptors (Lipinski definition) is 3. The van der Waals surface area contributed by atoms with E-state index in [-0.39, 0.29) is 17.8 Å². The quantitative estimate of drug-likeness (QED) is 0.461. The van der Waals surface area contributed by atoms with Crippen LogP contribution < -0.4 is 0 Å². The average Bonchev–Trinajstić information content (AvgIpc) is 3.35. The molecule has 2 heterocycles. The highest BCUT2D eigenvalue weighted by Crippen LogP contribution is 2.30. The first-order chi connectivity index (χ1) is 15.5. The van der Waals surface area contributed by atoms with Crippen molar-refractivity contribution in [3.63, 3.8) is 0 Å². The number of furan rings is 1. The maximum Gasteiger partial charge on any atom is 0.289 e. The van der Waals surface area contributed by atoms with Gasteiger partial charge in [0.1, 0.15) is 5.82 Å². The fraction of sp³-hybridized carbons (Fsp3) is 0.346. The summed E-state index contributed by atoms with van der Waals surface area (Å²) in [4.78, 5) is 17.3. The predicted octanol–water partition coefficient (Wildman–Crippen LogP) is 5.67. The summed E-state index contributed by atoms with van der Waals surface area (Å²) in [5.74, 6) is 0.380. The van der Waals surface area contributed by atoms with Gasteiger partial charge in [-0.05, 0) is 79.7 Å². The standard InChI is InChI=1S/C26H28ClFN2O2/c1-29(26(31)25-7-4-16-32-25)24(17-21-5-2-3-6-23(21)27)20-12-14-30(15-13-20)18-19-8-10-22(28)11-9-19/h2-11,16,20,24H,12-15,17-18H2,1H3/t24-/m1/s1. The Labute approximate surface area is 193 Å². The number of halogens is 2. The number of amides is 1. The topological polar surface area (TPSA) is 36.7 Å². The van der Waals surface area contributed by atoms with E-state index in [2.05, 4.69) is 4.90 Å². The number of piperidine rings is 1. The molecule has 1 aromatic heterocycles. The summed E-state index contributed by atoms with van der Waals surface area (Å²) in [6.45, 7) is 2.68. The maximum atomic E-state index is 13.2. The van der Waals surface area contributed by atoms with Crippen LogP contribution in [0, 0.1) is 11.7 Å². The van der Waals surface area contributed by atoms with Gasteiger partial charge < -0.3 is 9.32 Å². The molecule has 0 saturated carbocycles. The zero-order valence-corrected chi connectivity index (χ0v) is 19.0. The molecule has 0 radical (unpaired) electrons. The van der Waals surface area contributed by atoms with Gasteiger partial charge >= 0.3 is 0 Å². The fourth-order valence-electron chi connectivity index (χ4n) is 4.58. The first-order valence-electron chi connectivity index (χ1n) is 11.0. The van der Waals surface area contributed by atoms with E-state index in [0.717, 1.165) is 48.6 Å². The van der Waals surface area contributed by atoms with Crippen LogP contribution in [0.2, 0.25) is 5.02 Å². The third kappa shape index (κ3) is 5.40. The Hall–Kier alpha value is -2.63. The van der Waals surface area contributed by atoms with Crippen LogP contribution in [-0.4, -0.2) is 41.9 Å². The van der Waals surface area contributed by atoms with Gasteiger partial charge in [0.15, 0.2) is 5.76 Å². The van der Waals surface area contributed by atoms with Crippen LogP contribution in [0.4, 0.5) is 4.39 Å². The summed E-state index contributed by atoms with van der Waals surface area (Å²) >= 11 is 6.46. The zero-order valence-electron chi connectivity index (χ0n) is 18.2. The highest BCUT2D eigenvalue weighted by Gasteiger charge is 2.33. The SMILES string of the molecule is CN(C(=O)c1ccco1)[C@H](Cc1ccccc1Cl)C1CCN(Cc2ccc(F)cc2)CC1. The second-order valence-electron chi connectivity index (χ2n) is 8.50. The van der Waals surface area contributed by atoms with E-state index in [1.807, 2.05) is 48.3 Å². The molecule has 6 heteroatoms. The van der Waals surface area contributed by atoms with Crippen LogP contribution in [0.3, 0.4) is 0 Å². The molecule has 0 unspecified atom stereocenters. The molecule has 0 spiro atoms. The number of benzene rings is 2. The van der Waals surface area contributed by atoms with Gasteiger partial charge in [0.2, 0.25) is 0 Å². The Bertz CT molecular complexity index is 1010. The lowest BCUT2D eigenvalue weighted by atomic mass is 9.84. The number of rotatable bonds is 7. The molecule has 1 amide bonds. The van der Waals surface area contributed by atoms with Crippen molar-refractivity contribution >= 4 is 17.5 Å². The van der Waals surface area contributed by atoms with E-state index in [9.17, 15) is 9.18 Å². The smallest absolute Gasteiger partial charge is 0.289 e. The van der Waals surface area contributed by atoms with Crippen molar-refractivity contribution in [1.29, 1.82) is 0 Å². The predicted molar refractivity (Wildman–Crippen MR) is 124 cm³/mol. The van der Waals surface area contributed by atoms with Gasteiger partial charge in [0, 0.05) is 24.7 Å². The molecule has 4 rings (SSSR count). The molecule has 1 fully saturated rings. The van der Waals surface area contributed by atoms with E-state index in [4.69, 9.17) is 16.0 Å². The molecular weight excluding hydrogens is 427 g/mol. The normalized spacial score (nSPS) is 16.1. The van der Waals surface area contributed by atoms with Gasteiger partial charge in [0.25, 0.3) is 5.91 Å². The largest absolute Gasteiger partial charge is 0.459 e. The lowest BCUT2D eigenvalue weighted by Crippen LogP contribution is -2.47. The first-order valence-corrected chi connectivity index (χ1v) is 11.4. The fourth-order valence-corrected chi connectivity index (χ4v) is 4.79. The minimum Gasteiger partial charge on any atom is -0.459 e. The van der Waals surface area contributed by atoms with Crippen molar-refractivity contribution in [2.75, 3.05) is 20.1 Å². The summed E-state index contributed by atoms with van der Waals surface area (Å²) in [6.07, 6.45) is 4.18. The Kier molecular flexibility index (Phi) is 7.28. The van der Waals surface area contributed by atoms with Crippen molar-refractivity contribution in [3.8, 4) is 0 Å². The van der Waals surface area contributed by atoms with Gasteiger partial charge in [-0.2, -0.15) is 0 Å². The van der Waals surface area contributed by atoms with Gasteiger partial charge in [-0.3, -0.25) is 9.69 Å². The number of carbonyl (C=O) groups excluding carboxylic acids is 1. The molecule has 3 aromatic rings. The van der Waals surface area contributed by atoms with E-state index in [1.54, 1.807) is 12.1 Å². The number of likely N-dealkylation sites (N-methyl/N-ethyl adjacent to an activating group) is 1. The maximum absolute atomic E-state index is 13.2. The first kappa shape index (κ1) is 22.6. The van der Waals surface area contributed by atoms with Crippen molar-refractivity contribution in [3.05, 3.63) is 94.7 Å². The number of hydrogen-bond donors (Lipinski definition) is 0. The molecule has 2 aromatic carbocycles. The molecule has 4 nitrogen and oxygen atoms in total. The molecule has 168 valence electrons. The van der Waals surface area contributed by atoms with Crippen LogP contribution in [0.5, 0.6) is 0 Å². The van der Waals surface area contributed by atoms with E-state index < -0.39 is 0 Å².